The van der Waals surface area contributed by atoms with Crippen LogP contribution in [0.5, 0.6) is 0 Å². The second-order valence-corrected chi connectivity index (χ2v) is 7.96. The highest BCUT2D eigenvalue weighted by Gasteiger charge is 2.18. The van der Waals surface area contributed by atoms with Gasteiger partial charge in [0.1, 0.15) is 12.1 Å². The maximum absolute atomic E-state index is 6.28. The molecule has 3 aromatic heterocycles. The van der Waals surface area contributed by atoms with Gasteiger partial charge in [0, 0.05) is 10.4 Å². The van der Waals surface area contributed by atoms with E-state index < -0.39 is 0 Å². The van der Waals surface area contributed by atoms with Crippen LogP contribution in [-0.4, -0.2) is 24.7 Å². The highest BCUT2D eigenvalue weighted by Crippen LogP contribution is 2.32. The zero-order chi connectivity index (χ0) is 20.9. The largest absolute Gasteiger partial charge is 0.419 e. The molecule has 0 aliphatic heterocycles. The Morgan fingerprint density at radius 1 is 0.839 bits per heavy atom. The van der Waals surface area contributed by atoms with Crippen LogP contribution < -0.4 is 0 Å². The molecule has 6 nitrogen and oxygen atoms in total. The molecular formula is C23H13Cl2N5O. The van der Waals surface area contributed by atoms with E-state index >= 15 is 0 Å². The fourth-order valence-corrected chi connectivity index (χ4v) is 4.15. The SMILES string of the molecule is Clc1ccc2c(c1)c1nc3ccccc3nc1n2Cc1nnc(-c2ccccc2Cl)o1. The molecule has 0 saturated heterocycles. The molecule has 31 heavy (non-hydrogen) atoms. The molecule has 0 atom stereocenters. The van der Waals surface area contributed by atoms with Crippen molar-refractivity contribution in [3.8, 4) is 11.5 Å². The summed E-state index contributed by atoms with van der Waals surface area (Å²) in [4.78, 5) is 9.71. The van der Waals surface area contributed by atoms with Crippen molar-refractivity contribution in [1.82, 2.24) is 24.7 Å². The van der Waals surface area contributed by atoms with E-state index in [0.29, 0.717) is 33.9 Å². The first-order chi connectivity index (χ1) is 15.2. The van der Waals surface area contributed by atoms with Crippen LogP contribution in [0.3, 0.4) is 0 Å². The number of para-hydroxylation sites is 2. The number of benzene rings is 3. The molecule has 0 saturated carbocycles. The third-order valence-corrected chi connectivity index (χ3v) is 5.74. The average molecular weight is 446 g/mol. The first-order valence-corrected chi connectivity index (χ1v) is 10.3. The Morgan fingerprint density at radius 3 is 2.45 bits per heavy atom. The van der Waals surface area contributed by atoms with Gasteiger partial charge in [-0.25, -0.2) is 9.97 Å². The number of aromatic nitrogens is 5. The summed E-state index contributed by atoms with van der Waals surface area (Å²) in [5, 5.41) is 10.5. The Morgan fingerprint density at radius 2 is 1.61 bits per heavy atom. The van der Waals surface area contributed by atoms with E-state index in [9.17, 15) is 0 Å². The van der Waals surface area contributed by atoms with Crippen molar-refractivity contribution in [2.24, 2.45) is 0 Å². The molecule has 0 spiro atoms. The van der Waals surface area contributed by atoms with Crippen LogP contribution in [0.1, 0.15) is 5.89 Å². The van der Waals surface area contributed by atoms with Gasteiger partial charge < -0.3 is 8.98 Å². The molecule has 150 valence electrons. The lowest BCUT2D eigenvalue weighted by Gasteiger charge is -2.04. The van der Waals surface area contributed by atoms with E-state index in [4.69, 9.17) is 37.6 Å². The molecule has 0 aliphatic carbocycles. The predicted octanol–water partition coefficient (Wildman–Crippen LogP) is 6.14. The quantitative estimate of drug-likeness (QED) is 0.327. The van der Waals surface area contributed by atoms with Crippen molar-refractivity contribution >= 4 is 56.3 Å². The molecule has 0 unspecified atom stereocenters. The maximum Gasteiger partial charge on any atom is 0.249 e. The zero-order valence-electron chi connectivity index (χ0n) is 16.0. The summed E-state index contributed by atoms with van der Waals surface area (Å²) in [5.41, 5.74) is 4.78. The van der Waals surface area contributed by atoms with Crippen LogP contribution >= 0.6 is 23.2 Å². The topological polar surface area (TPSA) is 69.6 Å². The Balaban J connectivity index is 1.54. The van der Waals surface area contributed by atoms with Crippen LogP contribution in [0.2, 0.25) is 10.0 Å². The molecule has 6 aromatic rings. The van der Waals surface area contributed by atoms with Crippen LogP contribution in [0.15, 0.2) is 71.1 Å². The van der Waals surface area contributed by atoms with E-state index in [-0.39, 0.29) is 0 Å². The average Bonchev–Trinajstić information content (AvgIpc) is 3.36. The lowest BCUT2D eigenvalue weighted by Crippen LogP contribution is -2.01. The molecule has 8 heteroatoms. The lowest BCUT2D eigenvalue weighted by atomic mass is 10.2. The van der Waals surface area contributed by atoms with Gasteiger partial charge in [-0.05, 0) is 42.5 Å². The smallest absolute Gasteiger partial charge is 0.249 e. The Hall–Kier alpha value is -3.48. The Labute approximate surface area is 186 Å². The van der Waals surface area contributed by atoms with Crippen molar-refractivity contribution < 1.29 is 4.42 Å². The fourth-order valence-electron chi connectivity index (χ4n) is 3.76. The van der Waals surface area contributed by atoms with E-state index in [1.165, 1.54) is 0 Å². The molecule has 0 amide bonds. The van der Waals surface area contributed by atoms with E-state index in [1.807, 2.05) is 65.2 Å². The monoisotopic (exact) mass is 445 g/mol. The van der Waals surface area contributed by atoms with Crippen LogP contribution in [0.25, 0.3) is 44.6 Å². The zero-order valence-corrected chi connectivity index (χ0v) is 17.5. The van der Waals surface area contributed by atoms with Crippen molar-refractivity contribution in [3.63, 3.8) is 0 Å². The van der Waals surface area contributed by atoms with Gasteiger partial charge in [0.15, 0.2) is 5.65 Å². The number of fused-ring (bicyclic) bond motifs is 4. The minimum atomic E-state index is 0.339. The molecule has 6 rings (SSSR count). The van der Waals surface area contributed by atoms with Gasteiger partial charge in [-0.15, -0.1) is 10.2 Å². The second kappa shape index (κ2) is 7.04. The number of hydrogen-bond donors (Lipinski definition) is 0. The minimum Gasteiger partial charge on any atom is -0.419 e. The fraction of sp³-hybridized carbons (Fsp3) is 0.0435. The summed E-state index contributed by atoms with van der Waals surface area (Å²) in [5.74, 6) is 0.819. The summed E-state index contributed by atoms with van der Waals surface area (Å²) in [6.45, 7) is 0.339. The molecule has 0 fully saturated rings. The van der Waals surface area contributed by atoms with Crippen LogP contribution in [0, 0.1) is 0 Å². The van der Waals surface area contributed by atoms with E-state index in [1.54, 1.807) is 6.07 Å². The Kier molecular flexibility index (Phi) is 4.16. The van der Waals surface area contributed by atoms with Gasteiger partial charge in [0.25, 0.3) is 0 Å². The summed E-state index contributed by atoms with van der Waals surface area (Å²) in [6.07, 6.45) is 0. The normalized spacial score (nSPS) is 11.7. The molecule has 3 heterocycles. The summed E-state index contributed by atoms with van der Waals surface area (Å²) in [6, 6.07) is 20.9. The van der Waals surface area contributed by atoms with Gasteiger partial charge in [-0.2, -0.15) is 0 Å². The van der Waals surface area contributed by atoms with Crippen molar-refractivity contribution in [3.05, 3.63) is 82.7 Å². The molecule has 0 aliphatic rings. The van der Waals surface area contributed by atoms with Crippen LogP contribution in [-0.2, 0) is 6.54 Å². The number of hydrogen-bond acceptors (Lipinski definition) is 5. The molecule has 0 radical (unpaired) electrons. The predicted molar refractivity (Wildman–Crippen MR) is 121 cm³/mol. The number of rotatable bonds is 3. The summed E-state index contributed by atoms with van der Waals surface area (Å²) < 4.78 is 7.95. The van der Waals surface area contributed by atoms with E-state index in [0.717, 1.165) is 33.1 Å². The molecule has 3 aromatic carbocycles. The van der Waals surface area contributed by atoms with Crippen LogP contribution in [0.4, 0.5) is 0 Å². The van der Waals surface area contributed by atoms with Gasteiger partial charge in [0.05, 0.1) is 27.1 Å². The Bertz CT molecular complexity index is 1600. The van der Waals surface area contributed by atoms with Gasteiger partial charge in [-0.3, -0.25) is 0 Å². The summed E-state index contributed by atoms with van der Waals surface area (Å²) >= 11 is 12.6. The van der Waals surface area contributed by atoms with Gasteiger partial charge in [-0.1, -0.05) is 47.5 Å². The molecule has 0 bridgehead atoms. The third kappa shape index (κ3) is 3.03. The first kappa shape index (κ1) is 18.3. The lowest BCUT2D eigenvalue weighted by molar-refractivity contribution is 0.494. The first-order valence-electron chi connectivity index (χ1n) is 9.59. The van der Waals surface area contributed by atoms with Gasteiger partial charge in [0.2, 0.25) is 11.8 Å². The second-order valence-electron chi connectivity index (χ2n) is 7.11. The number of nitrogens with zero attached hydrogens (tertiary/aromatic N) is 5. The summed E-state index contributed by atoms with van der Waals surface area (Å²) in [7, 11) is 0. The minimum absolute atomic E-state index is 0.339. The van der Waals surface area contributed by atoms with E-state index in [2.05, 4.69) is 10.2 Å². The highest BCUT2D eigenvalue weighted by atomic mass is 35.5. The molecular weight excluding hydrogens is 433 g/mol. The van der Waals surface area contributed by atoms with Gasteiger partial charge >= 0.3 is 0 Å². The number of halogens is 2. The van der Waals surface area contributed by atoms with Crippen molar-refractivity contribution in [2.45, 2.75) is 6.54 Å². The highest BCUT2D eigenvalue weighted by molar-refractivity contribution is 6.33. The standard InChI is InChI=1S/C23H13Cl2N5O/c24-13-9-10-19-15(11-13)21-22(27-18-8-4-3-7-17(18)26-21)30(19)12-20-28-29-23(31-20)14-5-1-2-6-16(14)25/h1-11H,12H2. The van der Waals surface area contributed by atoms with Crippen molar-refractivity contribution in [1.29, 1.82) is 0 Å². The van der Waals surface area contributed by atoms with Crippen molar-refractivity contribution in [2.75, 3.05) is 0 Å². The third-order valence-electron chi connectivity index (χ3n) is 5.18. The maximum atomic E-state index is 6.28. The molecule has 0 N–H and O–H groups in total.